The van der Waals surface area contributed by atoms with Crippen molar-refractivity contribution in [3.8, 4) is 5.88 Å². The van der Waals surface area contributed by atoms with Gasteiger partial charge in [0, 0.05) is 52.2 Å². The lowest BCUT2D eigenvalue weighted by Gasteiger charge is -2.30. The van der Waals surface area contributed by atoms with Crippen molar-refractivity contribution in [1.29, 1.82) is 0 Å². The summed E-state index contributed by atoms with van der Waals surface area (Å²) < 4.78 is 15.4. The molecule has 2 N–H and O–H groups in total. The van der Waals surface area contributed by atoms with Gasteiger partial charge in [0.2, 0.25) is 5.88 Å². The maximum absolute atomic E-state index is 5.94. The van der Waals surface area contributed by atoms with Crippen molar-refractivity contribution in [3.05, 3.63) is 23.9 Å². The quantitative estimate of drug-likeness (QED) is 0.681. The Morgan fingerprint density at radius 2 is 1.80 bits per heavy atom. The molecule has 0 aliphatic carbocycles. The maximum Gasteiger partial charge on any atom is 0.212 e. The third-order valence-electron chi connectivity index (χ3n) is 3.18. The molecule has 0 saturated carbocycles. The standard InChI is InChI=1S/C14H25N3O3/c1-18-8-6-17(7-9-19-2)13(10-15)12-4-5-14(20-3)16-11-12/h4-5,11,13H,6-10,15H2,1-3H3. The third kappa shape index (κ3) is 5.05. The van der Waals surface area contributed by atoms with Crippen molar-refractivity contribution in [2.24, 2.45) is 5.73 Å². The van der Waals surface area contributed by atoms with E-state index < -0.39 is 0 Å². The molecular weight excluding hydrogens is 258 g/mol. The summed E-state index contributed by atoms with van der Waals surface area (Å²) in [6, 6.07) is 3.94. The van der Waals surface area contributed by atoms with Crippen LogP contribution in [-0.4, -0.2) is 64.1 Å². The van der Waals surface area contributed by atoms with E-state index in [0.717, 1.165) is 18.7 Å². The summed E-state index contributed by atoms with van der Waals surface area (Å²) >= 11 is 0. The van der Waals surface area contributed by atoms with Crippen LogP contribution in [0.5, 0.6) is 5.88 Å². The van der Waals surface area contributed by atoms with Crippen LogP contribution in [0, 0.1) is 0 Å². The van der Waals surface area contributed by atoms with Gasteiger partial charge in [-0.1, -0.05) is 6.07 Å². The lowest BCUT2D eigenvalue weighted by atomic mass is 10.1. The molecule has 0 bridgehead atoms. The Bertz CT molecular complexity index is 351. The number of methoxy groups -OCH3 is 3. The Kier molecular flexibility index (Phi) is 8.13. The number of hydrogen-bond acceptors (Lipinski definition) is 6. The summed E-state index contributed by atoms with van der Waals surface area (Å²) in [6.07, 6.45) is 1.81. The molecule has 6 nitrogen and oxygen atoms in total. The number of pyridine rings is 1. The molecule has 1 rings (SSSR count). The predicted octanol–water partition coefficient (Wildman–Crippen LogP) is 0.685. The zero-order chi connectivity index (χ0) is 14.8. The summed E-state index contributed by atoms with van der Waals surface area (Å²) in [4.78, 5) is 6.49. The lowest BCUT2D eigenvalue weighted by molar-refractivity contribution is 0.0890. The maximum atomic E-state index is 5.94. The zero-order valence-electron chi connectivity index (χ0n) is 12.5. The van der Waals surface area contributed by atoms with Crippen molar-refractivity contribution in [3.63, 3.8) is 0 Å². The Morgan fingerprint density at radius 3 is 2.20 bits per heavy atom. The van der Waals surface area contributed by atoms with Gasteiger partial charge >= 0.3 is 0 Å². The van der Waals surface area contributed by atoms with Gasteiger partial charge in [-0.25, -0.2) is 4.98 Å². The Balaban J connectivity index is 2.80. The van der Waals surface area contributed by atoms with E-state index in [1.165, 1.54) is 0 Å². The number of ether oxygens (including phenoxy) is 3. The molecule has 1 aromatic rings. The first-order valence-corrected chi connectivity index (χ1v) is 6.68. The van der Waals surface area contributed by atoms with Crippen LogP contribution in [0.15, 0.2) is 18.3 Å². The Morgan fingerprint density at radius 1 is 1.15 bits per heavy atom. The van der Waals surface area contributed by atoms with Crippen molar-refractivity contribution in [2.75, 3.05) is 54.2 Å². The molecular formula is C14H25N3O3. The normalized spacial score (nSPS) is 12.7. The second kappa shape index (κ2) is 9.66. The molecule has 0 saturated heterocycles. The van der Waals surface area contributed by atoms with Gasteiger partial charge in [0.05, 0.1) is 20.3 Å². The second-order valence-electron chi connectivity index (χ2n) is 4.41. The van der Waals surface area contributed by atoms with E-state index in [4.69, 9.17) is 19.9 Å². The molecule has 6 heteroatoms. The number of nitrogens with zero attached hydrogens (tertiary/aromatic N) is 2. The van der Waals surface area contributed by atoms with E-state index in [-0.39, 0.29) is 6.04 Å². The smallest absolute Gasteiger partial charge is 0.212 e. The van der Waals surface area contributed by atoms with Crippen LogP contribution in [0.25, 0.3) is 0 Å². The van der Waals surface area contributed by atoms with E-state index in [2.05, 4.69) is 9.88 Å². The van der Waals surface area contributed by atoms with Gasteiger partial charge in [-0.15, -0.1) is 0 Å². The Labute approximate surface area is 120 Å². The molecule has 0 aliphatic rings. The monoisotopic (exact) mass is 283 g/mol. The molecule has 1 unspecified atom stereocenters. The number of nitrogens with two attached hydrogens (primary N) is 1. The summed E-state index contributed by atoms with van der Waals surface area (Å²) in [5.41, 5.74) is 7.01. The van der Waals surface area contributed by atoms with Gasteiger partial charge in [-0.3, -0.25) is 4.90 Å². The fraction of sp³-hybridized carbons (Fsp3) is 0.643. The largest absolute Gasteiger partial charge is 0.481 e. The first-order valence-electron chi connectivity index (χ1n) is 6.68. The van der Waals surface area contributed by atoms with Gasteiger partial charge in [0.25, 0.3) is 0 Å². The van der Waals surface area contributed by atoms with Gasteiger partial charge < -0.3 is 19.9 Å². The van der Waals surface area contributed by atoms with E-state index in [9.17, 15) is 0 Å². The predicted molar refractivity (Wildman–Crippen MR) is 77.9 cm³/mol. The fourth-order valence-electron chi connectivity index (χ4n) is 2.05. The van der Waals surface area contributed by atoms with Gasteiger partial charge in [0.1, 0.15) is 0 Å². The number of hydrogen-bond donors (Lipinski definition) is 1. The highest BCUT2D eigenvalue weighted by atomic mass is 16.5. The first-order chi connectivity index (χ1) is 9.76. The van der Waals surface area contributed by atoms with Crippen LogP contribution in [0.1, 0.15) is 11.6 Å². The lowest BCUT2D eigenvalue weighted by Crippen LogP contribution is -2.38. The van der Waals surface area contributed by atoms with E-state index >= 15 is 0 Å². The third-order valence-corrected chi connectivity index (χ3v) is 3.18. The van der Waals surface area contributed by atoms with E-state index in [1.54, 1.807) is 21.3 Å². The average molecular weight is 283 g/mol. The molecule has 0 aliphatic heterocycles. The van der Waals surface area contributed by atoms with Crippen molar-refractivity contribution in [1.82, 2.24) is 9.88 Å². The SMILES string of the molecule is COCCN(CCOC)C(CN)c1ccc(OC)nc1. The van der Waals surface area contributed by atoms with E-state index in [0.29, 0.717) is 25.6 Å². The molecule has 20 heavy (non-hydrogen) atoms. The van der Waals surface area contributed by atoms with Crippen molar-refractivity contribution in [2.45, 2.75) is 6.04 Å². The molecule has 0 amide bonds. The van der Waals surface area contributed by atoms with Crippen LogP contribution in [0.3, 0.4) is 0 Å². The minimum Gasteiger partial charge on any atom is -0.481 e. The highest BCUT2D eigenvalue weighted by Gasteiger charge is 2.19. The fourth-order valence-corrected chi connectivity index (χ4v) is 2.05. The van der Waals surface area contributed by atoms with Crippen molar-refractivity contribution >= 4 is 0 Å². The highest BCUT2D eigenvalue weighted by Crippen LogP contribution is 2.20. The minimum atomic E-state index is 0.0960. The van der Waals surface area contributed by atoms with Gasteiger partial charge in [-0.2, -0.15) is 0 Å². The van der Waals surface area contributed by atoms with Crippen molar-refractivity contribution < 1.29 is 14.2 Å². The molecule has 114 valence electrons. The van der Waals surface area contributed by atoms with Crippen LogP contribution >= 0.6 is 0 Å². The summed E-state index contributed by atoms with van der Waals surface area (Å²) in [5, 5.41) is 0. The topological polar surface area (TPSA) is 69.8 Å². The Hall–Kier alpha value is -1.21. The summed E-state index contributed by atoms with van der Waals surface area (Å²) in [6.45, 7) is 3.43. The average Bonchev–Trinajstić information content (AvgIpc) is 2.50. The molecule has 1 atom stereocenters. The minimum absolute atomic E-state index is 0.0960. The molecule has 1 heterocycles. The number of aromatic nitrogens is 1. The van der Waals surface area contributed by atoms with Crippen LogP contribution in [-0.2, 0) is 9.47 Å². The molecule has 0 radical (unpaired) electrons. The van der Waals surface area contributed by atoms with Crippen LogP contribution < -0.4 is 10.5 Å². The van der Waals surface area contributed by atoms with Crippen LogP contribution in [0.4, 0.5) is 0 Å². The molecule has 0 fully saturated rings. The van der Waals surface area contributed by atoms with Gasteiger partial charge in [-0.05, 0) is 5.56 Å². The number of rotatable bonds is 10. The van der Waals surface area contributed by atoms with Crippen LogP contribution in [0.2, 0.25) is 0 Å². The first kappa shape index (κ1) is 16.8. The molecule has 0 spiro atoms. The molecule has 0 aromatic carbocycles. The van der Waals surface area contributed by atoms with E-state index in [1.807, 2.05) is 18.3 Å². The molecule has 1 aromatic heterocycles. The van der Waals surface area contributed by atoms with Gasteiger partial charge in [0.15, 0.2) is 0 Å². The highest BCUT2D eigenvalue weighted by molar-refractivity contribution is 5.21. The summed E-state index contributed by atoms with van der Waals surface area (Å²) in [7, 11) is 4.99. The summed E-state index contributed by atoms with van der Waals surface area (Å²) in [5.74, 6) is 0.602. The second-order valence-corrected chi connectivity index (χ2v) is 4.41. The zero-order valence-corrected chi connectivity index (χ0v) is 12.5.